The van der Waals surface area contributed by atoms with Crippen LogP contribution in [0.5, 0.6) is 0 Å². The second-order valence-electron chi connectivity index (χ2n) is 7.61. The molecule has 3 rings (SSSR count). The Bertz CT molecular complexity index is 549. The number of hydrogen-bond acceptors (Lipinski definition) is 5. The second kappa shape index (κ2) is 5.47. The summed E-state index contributed by atoms with van der Waals surface area (Å²) in [5, 5.41) is 2.31. The normalized spacial score (nSPS) is 39.3. The van der Waals surface area contributed by atoms with Gasteiger partial charge in [0.25, 0.3) is 5.91 Å². The van der Waals surface area contributed by atoms with Gasteiger partial charge in [-0.2, -0.15) is 0 Å². The topological polar surface area (TPSA) is 84.9 Å². The van der Waals surface area contributed by atoms with E-state index in [-0.39, 0.29) is 17.7 Å². The Labute approximate surface area is 135 Å². The van der Waals surface area contributed by atoms with E-state index in [0.29, 0.717) is 19.6 Å². The van der Waals surface area contributed by atoms with E-state index in [0.717, 1.165) is 0 Å². The third kappa shape index (κ3) is 2.60. The van der Waals surface area contributed by atoms with Gasteiger partial charge in [-0.25, -0.2) is 4.79 Å². The monoisotopic (exact) mass is 324 g/mol. The first-order valence-corrected chi connectivity index (χ1v) is 8.19. The summed E-state index contributed by atoms with van der Waals surface area (Å²) in [6.07, 6.45) is -0.528. The molecule has 0 aromatic carbocycles. The smallest absolute Gasteiger partial charge is 0.410 e. The number of piperidine rings is 1. The minimum atomic E-state index is -0.803. The fourth-order valence-corrected chi connectivity index (χ4v) is 4.16. The predicted molar refractivity (Wildman–Crippen MR) is 80.4 cm³/mol. The van der Waals surface area contributed by atoms with Crippen LogP contribution >= 0.6 is 0 Å². The molecule has 2 unspecified atom stereocenters. The quantitative estimate of drug-likeness (QED) is 0.764. The van der Waals surface area contributed by atoms with Gasteiger partial charge in [-0.05, 0) is 25.2 Å². The highest BCUT2D eigenvalue weighted by Crippen LogP contribution is 2.47. The summed E-state index contributed by atoms with van der Waals surface area (Å²) >= 11 is 0. The van der Waals surface area contributed by atoms with Crippen molar-refractivity contribution in [3.63, 3.8) is 0 Å². The van der Waals surface area contributed by atoms with Crippen LogP contribution in [0.2, 0.25) is 0 Å². The van der Waals surface area contributed by atoms with Crippen LogP contribution in [-0.4, -0.2) is 53.7 Å². The van der Waals surface area contributed by atoms with E-state index in [4.69, 9.17) is 9.47 Å². The van der Waals surface area contributed by atoms with Gasteiger partial charge in [0.1, 0.15) is 0 Å². The molecular weight excluding hydrogens is 300 g/mol. The predicted octanol–water partition coefficient (Wildman–Crippen LogP) is 0.919. The average Bonchev–Trinajstić information content (AvgIpc) is 2.89. The van der Waals surface area contributed by atoms with E-state index in [1.807, 2.05) is 27.7 Å². The van der Waals surface area contributed by atoms with E-state index < -0.39 is 35.7 Å². The molecule has 5 atom stereocenters. The van der Waals surface area contributed by atoms with Crippen LogP contribution in [0, 0.1) is 17.8 Å². The van der Waals surface area contributed by atoms with Crippen molar-refractivity contribution in [1.82, 2.24) is 10.2 Å². The van der Waals surface area contributed by atoms with E-state index in [1.165, 1.54) is 0 Å². The van der Waals surface area contributed by atoms with Crippen molar-refractivity contribution in [2.24, 2.45) is 17.8 Å². The molecule has 0 aromatic heterocycles. The van der Waals surface area contributed by atoms with Crippen LogP contribution in [0.4, 0.5) is 4.79 Å². The fourth-order valence-electron chi connectivity index (χ4n) is 4.16. The molecule has 3 saturated heterocycles. The maximum Gasteiger partial charge on any atom is 0.410 e. The van der Waals surface area contributed by atoms with Gasteiger partial charge in [0.05, 0.1) is 24.2 Å². The average molecular weight is 324 g/mol. The number of nitrogens with zero attached hydrogens (tertiary/aromatic N) is 1. The van der Waals surface area contributed by atoms with Crippen molar-refractivity contribution in [1.29, 1.82) is 0 Å². The molecule has 0 spiro atoms. The number of rotatable bonds is 2. The molecule has 0 aromatic rings. The SMILES string of the molecule is CC(C)COC(=O)N1CC(C)C[C@]2(C)O[C@@H]3C(=O)NC(=O)C3[C@H]12. The molecule has 0 aliphatic carbocycles. The molecule has 128 valence electrons. The minimum absolute atomic E-state index is 0.208. The third-order valence-corrected chi connectivity index (χ3v) is 4.87. The van der Waals surface area contributed by atoms with Gasteiger partial charge in [-0.1, -0.05) is 20.8 Å². The van der Waals surface area contributed by atoms with Gasteiger partial charge >= 0.3 is 6.09 Å². The summed E-state index contributed by atoms with van der Waals surface area (Å²) in [5.41, 5.74) is -0.697. The fraction of sp³-hybridized carbons (Fsp3) is 0.812. The highest BCUT2D eigenvalue weighted by molar-refractivity contribution is 6.07. The molecule has 3 heterocycles. The van der Waals surface area contributed by atoms with Crippen LogP contribution < -0.4 is 5.32 Å². The Morgan fingerprint density at radius 1 is 1.43 bits per heavy atom. The molecule has 0 bridgehead atoms. The Hall–Kier alpha value is -1.63. The molecule has 7 nitrogen and oxygen atoms in total. The second-order valence-corrected chi connectivity index (χ2v) is 7.61. The Morgan fingerprint density at radius 3 is 2.78 bits per heavy atom. The zero-order chi connectivity index (χ0) is 16.9. The lowest BCUT2D eigenvalue weighted by Crippen LogP contribution is -2.60. The van der Waals surface area contributed by atoms with Gasteiger partial charge in [0.15, 0.2) is 6.10 Å². The van der Waals surface area contributed by atoms with Crippen molar-refractivity contribution in [3.8, 4) is 0 Å². The first-order chi connectivity index (χ1) is 10.7. The number of hydrogen-bond donors (Lipinski definition) is 1. The van der Waals surface area contributed by atoms with Crippen molar-refractivity contribution < 1.29 is 23.9 Å². The Kier molecular flexibility index (Phi) is 3.86. The molecule has 3 amide bonds. The first-order valence-electron chi connectivity index (χ1n) is 8.19. The third-order valence-electron chi connectivity index (χ3n) is 4.87. The molecule has 0 saturated carbocycles. The van der Waals surface area contributed by atoms with E-state index in [9.17, 15) is 14.4 Å². The molecule has 1 N–H and O–H groups in total. The number of likely N-dealkylation sites (tertiary alicyclic amines) is 1. The number of imide groups is 1. The largest absolute Gasteiger partial charge is 0.449 e. The van der Waals surface area contributed by atoms with Crippen molar-refractivity contribution >= 4 is 17.9 Å². The summed E-state index contributed by atoms with van der Waals surface area (Å²) in [7, 11) is 0. The van der Waals surface area contributed by atoms with E-state index in [1.54, 1.807) is 4.90 Å². The summed E-state index contributed by atoms with van der Waals surface area (Å²) < 4.78 is 11.3. The highest BCUT2D eigenvalue weighted by Gasteiger charge is 2.65. The molecule has 23 heavy (non-hydrogen) atoms. The highest BCUT2D eigenvalue weighted by atomic mass is 16.6. The number of nitrogens with one attached hydrogen (secondary N) is 1. The van der Waals surface area contributed by atoms with Crippen molar-refractivity contribution in [2.45, 2.75) is 51.9 Å². The summed E-state index contributed by atoms with van der Waals surface area (Å²) in [5.74, 6) is -0.966. The lowest BCUT2D eigenvalue weighted by molar-refractivity contribution is -0.140. The van der Waals surface area contributed by atoms with Crippen molar-refractivity contribution in [2.75, 3.05) is 13.2 Å². The number of carbonyl (C=O) groups is 3. The van der Waals surface area contributed by atoms with Crippen LogP contribution in [0.1, 0.15) is 34.1 Å². The van der Waals surface area contributed by atoms with Gasteiger partial charge in [0, 0.05) is 6.54 Å². The van der Waals surface area contributed by atoms with Crippen LogP contribution in [0.3, 0.4) is 0 Å². The summed E-state index contributed by atoms with van der Waals surface area (Å²) in [4.78, 5) is 38.3. The molecule has 3 aliphatic heterocycles. The lowest BCUT2D eigenvalue weighted by atomic mass is 9.77. The van der Waals surface area contributed by atoms with E-state index >= 15 is 0 Å². The van der Waals surface area contributed by atoms with Crippen LogP contribution in [0.15, 0.2) is 0 Å². The van der Waals surface area contributed by atoms with Gasteiger partial charge in [-0.15, -0.1) is 0 Å². The zero-order valence-electron chi connectivity index (χ0n) is 14.0. The lowest BCUT2D eigenvalue weighted by Gasteiger charge is -2.46. The van der Waals surface area contributed by atoms with Crippen LogP contribution in [-0.2, 0) is 19.1 Å². The zero-order valence-corrected chi connectivity index (χ0v) is 14.0. The number of ether oxygens (including phenoxy) is 2. The molecule has 0 radical (unpaired) electrons. The van der Waals surface area contributed by atoms with Crippen LogP contribution in [0.25, 0.3) is 0 Å². The molecule has 3 aliphatic rings. The molecular formula is C16H24N2O5. The maximum absolute atomic E-state index is 12.5. The maximum atomic E-state index is 12.5. The summed E-state index contributed by atoms with van der Waals surface area (Å²) in [6.45, 7) is 8.68. The van der Waals surface area contributed by atoms with Gasteiger partial charge < -0.3 is 14.4 Å². The minimum Gasteiger partial charge on any atom is -0.449 e. The number of amides is 3. The van der Waals surface area contributed by atoms with Gasteiger partial charge in [-0.3, -0.25) is 14.9 Å². The summed E-state index contributed by atoms with van der Waals surface area (Å²) in [6, 6.07) is -0.463. The standard InChI is InChI=1S/C16H24N2O5/c1-8(2)7-22-15(21)18-6-9(3)5-16(4)12(18)10-11(23-16)14(20)17-13(10)19/h8-12H,5-7H2,1-4H3,(H,17,19,20)/t9?,10?,11-,12-,16-/m0/s1. The Morgan fingerprint density at radius 2 is 2.13 bits per heavy atom. The van der Waals surface area contributed by atoms with Gasteiger partial charge in [0.2, 0.25) is 5.91 Å². The number of fused-ring (bicyclic) bond motifs is 3. The molecule has 3 fully saturated rings. The van der Waals surface area contributed by atoms with Crippen molar-refractivity contribution in [3.05, 3.63) is 0 Å². The Balaban J connectivity index is 1.88. The number of carbonyl (C=O) groups excluding carboxylic acids is 3. The first kappa shape index (κ1) is 16.2. The van der Waals surface area contributed by atoms with E-state index in [2.05, 4.69) is 5.32 Å². The molecule has 7 heteroatoms.